The number of fused-ring (bicyclic) bond motifs is 1. The second-order valence-corrected chi connectivity index (χ2v) is 11.4. The Labute approximate surface area is 241 Å². The van der Waals surface area contributed by atoms with Gasteiger partial charge in [-0.2, -0.15) is 9.61 Å². The molecule has 1 aromatic carbocycles. The summed E-state index contributed by atoms with van der Waals surface area (Å²) in [5.41, 5.74) is 13.8. The molecule has 41 heavy (non-hydrogen) atoms. The number of nitrogens with two attached hydrogens (primary N) is 1. The fourth-order valence-corrected chi connectivity index (χ4v) is 6.17. The molecule has 9 nitrogen and oxygen atoms in total. The quantitative estimate of drug-likeness (QED) is 0.216. The Hall–Kier alpha value is -3.98. The molecule has 9 heteroatoms. The van der Waals surface area contributed by atoms with Crippen molar-refractivity contribution in [3.63, 3.8) is 0 Å². The van der Waals surface area contributed by atoms with E-state index in [1.807, 2.05) is 48.6 Å². The molecule has 0 aliphatic heterocycles. The van der Waals surface area contributed by atoms with Crippen molar-refractivity contribution in [3.8, 4) is 22.4 Å². The Morgan fingerprint density at radius 3 is 2.59 bits per heavy atom. The molecule has 6 rings (SSSR count). The first-order chi connectivity index (χ1) is 20.0. The minimum Gasteiger partial charge on any atom is -0.383 e. The summed E-state index contributed by atoms with van der Waals surface area (Å²) >= 11 is 0. The first-order valence-electron chi connectivity index (χ1n) is 14.7. The molecule has 2 saturated carbocycles. The molecular weight excluding hydrogens is 514 g/mol. The number of nitrogens with one attached hydrogen (secondary N) is 1. The summed E-state index contributed by atoms with van der Waals surface area (Å²) in [6.45, 7) is 1.00. The van der Waals surface area contributed by atoms with Crippen molar-refractivity contribution in [1.29, 1.82) is 0 Å². The number of nitrogens with zero attached hydrogens (tertiary/aromatic N) is 5. The monoisotopic (exact) mass is 553 g/mol. The zero-order valence-electron chi connectivity index (χ0n) is 23.9. The van der Waals surface area contributed by atoms with Crippen LogP contribution in [0.1, 0.15) is 68.0 Å². The van der Waals surface area contributed by atoms with E-state index in [1.165, 1.54) is 0 Å². The normalized spacial score (nSPS) is 19.2. The molecule has 0 radical (unpaired) electrons. The summed E-state index contributed by atoms with van der Waals surface area (Å²) in [7, 11) is 3.55. The van der Waals surface area contributed by atoms with Crippen LogP contribution in [-0.2, 0) is 4.74 Å². The van der Waals surface area contributed by atoms with Crippen molar-refractivity contribution in [1.82, 2.24) is 29.8 Å². The van der Waals surface area contributed by atoms with Crippen LogP contribution in [0.4, 0.5) is 10.6 Å². The predicted molar refractivity (Wildman–Crippen MR) is 161 cm³/mol. The summed E-state index contributed by atoms with van der Waals surface area (Å²) in [6.07, 6.45) is 11.1. The number of urea groups is 1. The van der Waals surface area contributed by atoms with Crippen LogP contribution in [0.15, 0.2) is 54.9 Å². The number of carbonyl (C=O) groups excluding carboxylic acids is 1. The van der Waals surface area contributed by atoms with E-state index in [2.05, 4.69) is 28.6 Å². The molecule has 3 aromatic heterocycles. The number of rotatable bonds is 8. The van der Waals surface area contributed by atoms with Crippen molar-refractivity contribution in [2.45, 2.75) is 62.8 Å². The summed E-state index contributed by atoms with van der Waals surface area (Å²) < 4.78 is 6.90. The lowest BCUT2D eigenvalue weighted by Crippen LogP contribution is -2.44. The van der Waals surface area contributed by atoms with Gasteiger partial charge in [-0.1, -0.05) is 49.2 Å². The second kappa shape index (κ2) is 11.9. The lowest BCUT2D eigenvalue weighted by molar-refractivity contribution is 0.169. The molecule has 214 valence electrons. The summed E-state index contributed by atoms with van der Waals surface area (Å²) in [4.78, 5) is 24.8. The molecule has 3 N–H and O–H groups in total. The molecule has 0 bridgehead atoms. The van der Waals surface area contributed by atoms with Gasteiger partial charge in [0.1, 0.15) is 5.82 Å². The maximum Gasteiger partial charge on any atom is 0.317 e. The van der Waals surface area contributed by atoms with E-state index < -0.39 is 0 Å². The number of hydrogen-bond acceptors (Lipinski definition) is 6. The molecule has 2 fully saturated rings. The van der Waals surface area contributed by atoms with Gasteiger partial charge in [0.05, 0.1) is 24.2 Å². The van der Waals surface area contributed by atoms with Crippen LogP contribution < -0.4 is 11.1 Å². The highest BCUT2D eigenvalue weighted by atomic mass is 16.5. The van der Waals surface area contributed by atoms with Crippen molar-refractivity contribution < 1.29 is 9.53 Å². The fourth-order valence-electron chi connectivity index (χ4n) is 6.17. The summed E-state index contributed by atoms with van der Waals surface area (Å²) in [5.74, 6) is 1.35. The van der Waals surface area contributed by atoms with Gasteiger partial charge in [-0.05, 0) is 44.1 Å². The van der Waals surface area contributed by atoms with Crippen LogP contribution in [0.25, 0.3) is 28.0 Å². The highest BCUT2D eigenvalue weighted by Gasteiger charge is 2.36. The molecule has 2 aliphatic rings. The van der Waals surface area contributed by atoms with E-state index in [9.17, 15) is 4.79 Å². The molecule has 0 saturated heterocycles. The molecule has 4 aromatic rings. The highest BCUT2D eigenvalue weighted by molar-refractivity contribution is 5.79. The van der Waals surface area contributed by atoms with E-state index in [-0.39, 0.29) is 18.0 Å². The minimum absolute atomic E-state index is 0.0532. The Morgan fingerprint density at radius 2 is 1.85 bits per heavy atom. The molecule has 2 atom stereocenters. The number of aromatic nitrogens is 4. The van der Waals surface area contributed by atoms with E-state index >= 15 is 0 Å². The van der Waals surface area contributed by atoms with Gasteiger partial charge in [0.15, 0.2) is 5.65 Å². The number of ether oxygens (including phenoxy) is 1. The van der Waals surface area contributed by atoms with Crippen molar-refractivity contribution >= 4 is 17.5 Å². The van der Waals surface area contributed by atoms with Gasteiger partial charge in [-0.15, -0.1) is 0 Å². The van der Waals surface area contributed by atoms with Crippen LogP contribution in [0, 0.1) is 0 Å². The Kier molecular flexibility index (Phi) is 7.87. The number of nitrogen functional groups attached to an aromatic ring is 1. The lowest BCUT2D eigenvalue weighted by Gasteiger charge is -2.30. The van der Waals surface area contributed by atoms with Gasteiger partial charge in [0.25, 0.3) is 0 Å². The fraction of sp³-hybridized carbons (Fsp3) is 0.438. The van der Waals surface area contributed by atoms with Crippen molar-refractivity contribution in [3.05, 3.63) is 66.1 Å². The van der Waals surface area contributed by atoms with Gasteiger partial charge >= 0.3 is 6.03 Å². The van der Waals surface area contributed by atoms with Crippen molar-refractivity contribution in [2.75, 3.05) is 33.0 Å². The number of anilines is 1. The standard InChI is InChI=1S/C32H39N7O2/c1-38(32(40)34-16-17-41-2)25-11-7-6-10-23(18-25)29-28(22-12-13-22)30(33)39-31(37-29)26(20-36-39)24-14-15-27(35-19-24)21-8-4-3-5-9-21/h3-5,8-9,14-15,19-20,22-23,25H,6-7,10-13,16-18,33H2,1-2H3,(H,34,40)/t23-,25+/m0/s1. The number of methoxy groups -OCH3 is 1. The first kappa shape index (κ1) is 27.2. The number of benzene rings is 1. The van der Waals surface area contributed by atoms with E-state index in [4.69, 9.17) is 20.4 Å². The number of amides is 2. The van der Waals surface area contributed by atoms with E-state index in [0.29, 0.717) is 24.9 Å². The maximum absolute atomic E-state index is 12.9. The topological polar surface area (TPSA) is 111 Å². The average Bonchev–Trinajstić information content (AvgIpc) is 3.79. The predicted octanol–water partition coefficient (Wildman–Crippen LogP) is 5.62. The van der Waals surface area contributed by atoms with Gasteiger partial charge in [-0.25, -0.2) is 9.78 Å². The largest absolute Gasteiger partial charge is 0.383 e. The van der Waals surface area contributed by atoms with E-state index in [0.717, 1.165) is 84.2 Å². The zero-order chi connectivity index (χ0) is 28.3. The Morgan fingerprint density at radius 1 is 1.05 bits per heavy atom. The molecular formula is C32H39N7O2. The first-order valence-corrected chi connectivity index (χ1v) is 14.7. The van der Waals surface area contributed by atoms with Gasteiger partial charge < -0.3 is 20.7 Å². The molecule has 2 amide bonds. The average molecular weight is 554 g/mol. The van der Waals surface area contributed by atoms with Crippen LogP contribution in [0.2, 0.25) is 0 Å². The Bertz CT molecular complexity index is 1500. The van der Waals surface area contributed by atoms with Gasteiger partial charge in [-0.3, -0.25) is 4.98 Å². The third-order valence-electron chi connectivity index (χ3n) is 8.61. The third-order valence-corrected chi connectivity index (χ3v) is 8.61. The summed E-state index contributed by atoms with van der Waals surface area (Å²) in [6, 6.07) is 14.4. The molecule has 3 heterocycles. The lowest BCUT2D eigenvalue weighted by atomic mass is 9.89. The van der Waals surface area contributed by atoms with Crippen molar-refractivity contribution in [2.24, 2.45) is 0 Å². The minimum atomic E-state index is -0.0532. The van der Waals surface area contributed by atoms with Gasteiger partial charge in [0.2, 0.25) is 0 Å². The Balaban J connectivity index is 1.33. The van der Waals surface area contributed by atoms with Crippen LogP contribution in [0.5, 0.6) is 0 Å². The molecule has 2 aliphatic carbocycles. The molecule has 0 spiro atoms. The van der Waals surface area contributed by atoms with Gasteiger partial charge in [0, 0.05) is 61.1 Å². The SMILES string of the molecule is COCCNC(=O)N(C)[C@@H]1CCCC[C@H](c2nc3c(-c4ccc(-c5ccccc5)nc4)cnn3c(N)c2C2CC2)C1. The third kappa shape index (κ3) is 5.63. The smallest absolute Gasteiger partial charge is 0.317 e. The maximum atomic E-state index is 12.9. The number of hydrogen-bond donors (Lipinski definition) is 2. The highest BCUT2D eigenvalue weighted by Crippen LogP contribution is 2.48. The summed E-state index contributed by atoms with van der Waals surface area (Å²) in [5, 5.41) is 7.66. The zero-order valence-corrected chi connectivity index (χ0v) is 23.9. The number of carbonyl (C=O) groups is 1. The van der Waals surface area contributed by atoms with Crippen LogP contribution in [0.3, 0.4) is 0 Å². The van der Waals surface area contributed by atoms with Crippen LogP contribution >= 0.6 is 0 Å². The van der Waals surface area contributed by atoms with Crippen LogP contribution in [-0.4, -0.2) is 63.9 Å². The molecule has 0 unspecified atom stereocenters. The second-order valence-electron chi connectivity index (χ2n) is 11.4. The van der Waals surface area contributed by atoms with E-state index in [1.54, 1.807) is 11.6 Å². The number of pyridine rings is 1.